The Balaban J connectivity index is 1.92. The second-order valence-corrected chi connectivity index (χ2v) is 5.49. The summed E-state index contributed by atoms with van der Waals surface area (Å²) in [6, 6.07) is 1.68. The van der Waals surface area contributed by atoms with E-state index in [9.17, 15) is 22.4 Å². The van der Waals surface area contributed by atoms with E-state index in [1.165, 1.54) is 0 Å². The molecule has 122 valence electrons. The van der Waals surface area contributed by atoms with Crippen LogP contribution in [-0.2, 0) is 12.7 Å². The molecule has 0 spiro atoms. The fourth-order valence-corrected chi connectivity index (χ4v) is 2.04. The van der Waals surface area contributed by atoms with Crippen LogP contribution in [-0.4, -0.2) is 24.3 Å². The van der Waals surface area contributed by atoms with Gasteiger partial charge in [0, 0.05) is 18.5 Å². The summed E-state index contributed by atoms with van der Waals surface area (Å²) in [6.07, 6.45) is -3.08. The van der Waals surface area contributed by atoms with Gasteiger partial charge < -0.3 is 15.7 Å². The first-order chi connectivity index (χ1) is 10.3. The number of alkyl halides is 3. The van der Waals surface area contributed by atoms with E-state index in [0.29, 0.717) is 6.07 Å². The van der Waals surface area contributed by atoms with E-state index in [1.54, 1.807) is 0 Å². The van der Waals surface area contributed by atoms with Gasteiger partial charge in [-0.15, -0.1) is 0 Å². The number of carbonyl (C=O) groups is 1. The van der Waals surface area contributed by atoms with Gasteiger partial charge in [-0.1, -0.05) is 6.07 Å². The molecular formula is C14H16F4N2O2. The molecule has 0 radical (unpaired) electrons. The topological polar surface area (TPSA) is 61.4 Å². The molecule has 1 aromatic carbocycles. The van der Waals surface area contributed by atoms with Crippen molar-refractivity contribution in [2.45, 2.75) is 25.6 Å². The minimum Gasteiger partial charge on any atom is -0.396 e. The molecule has 0 aliphatic heterocycles. The molecule has 22 heavy (non-hydrogen) atoms. The lowest BCUT2D eigenvalue weighted by atomic mass is 10.1. The Bertz CT molecular complexity index is 556. The molecule has 0 bridgehead atoms. The van der Waals surface area contributed by atoms with E-state index < -0.39 is 23.6 Å². The standard InChI is InChI=1S/C14H16F4N2O2/c15-10-2-1-9(11(5-10)14(16,17)18)6-19-12(22)20-7-13(8-21)3-4-13/h1-2,5,21H,3-4,6-8H2,(H2,19,20,22). The van der Waals surface area contributed by atoms with E-state index in [4.69, 9.17) is 5.11 Å². The lowest BCUT2D eigenvalue weighted by Gasteiger charge is -2.15. The smallest absolute Gasteiger partial charge is 0.396 e. The third-order valence-electron chi connectivity index (χ3n) is 3.73. The highest BCUT2D eigenvalue weighted by Gasteiger charge is 2.42. The Morgan fingerprint density at radius 2 is 1.95 bits per heavy atom. The maximum atomic E-state index is 13.0. The van der Waals surface area contributed by atoms with E-state index in [2.05, 4.69) is 10.6 Å². The summed E-state index contributed by atoms with van der Waals surface area (Å²) >= 11 is 0. The molecule has 2 amide bonds. The number of aliphatic hydroxyl groups excluding tert-OH is 1. The second kappa shape index (κ2) is 6.12. The van der Waals surface area contributed by atoms with Crippen molar-refractivity contribution in [1.82, 2.24) is 10.6 Å². The number of hydrogen-bond acceptors (Lipinski definition) is 2. The fraction of sp³-hybridized carbons (Fsp3) is 0.500. The van der Waals surface area contributed by atoms with Crippen molar-refractivity contribution in [3.63, 3.8) is 0 Å². The predicted molar refractivity (Wildman–Crippen MR) is 70.4 cm³/mol. The van der Waals surface area contributed by atoms with Crippen molar-refractivity contribution in [3.8, 4) is 0 Å². The third-order valence-corrected chi connectivity index (χ3v) is 3.73. The zero-order valence-corrected chi connectivity index (χ0v) is 11.6. The molecule has 4 nitrogen and oxygen atoms in total. The van der Waals surface area contributed by atoms with Gasteiger partial charge in [0.25, 0.3) is 0 Å². The molecule has 0 unspecified atom stereocenters. The highest BCUT2D eigenvalue weighted by Crippen LogP contribution is 2.44. The summed E-state index contributed by atoms with van der Waals surface area (Å²) in [7, 11) is 0. The lowest BCUT2D eigenvalue weighted by molar-refractivity contribution is -0.138. The second-order valence-electron chi connectivity index (χ2n) is 5.49. The van der Waals surface area contributed by atoms with Crippen LogP contribution in [0.2, 0.25) is 0 Å². The maximum Gasteiger partial charge on any atom is 0.416 e. The summed E-state index contributed by atoms with van der Waals surface area (Å²) in [4.78, 5) is 11.6. The van der Waals surface area contributed by atoms with Crippen LogP contribution in [0.15, 0.2) is 18.2 Å². The summed E-state index contributed by atoms with van der Waals surface area (Å²) in [5.41, 5.74) is -1.61. The highest BCUT2D eigenvalue weighted by atomic mass is 19.4. The summed E-state index contributed by atoms with van der Waals surface area (Å²) in [5, 5.41) is 13.9. The van der Waals surface area contributed by atoms with Gasteiger partial charge in [-0.05, 0) is 30.5 Å². The normalized spacial score (nSPS) is 16.2. The van der Waals surface area contributed by atoms with E-state index in [-0.39, 0.29) is 30.7 Å². The Hall–Kier alpha value is -1.83. The molecule has 0 aromatic heterocycles. The van der Waals surface area contributed by atoms with Crippen LogP contribution in [0.3, 0.4) is 0 Å². The Morgan fingerprint density at radius 1 is 1.27 bits per heavy atom. The van der Waals surface area contributed by atoms with Crippen LogP contribution in [0.1, 0.15) is 24.0 Å². The van der Waals surface area contributed by atoms with Crippen LogP contribution < -0.4 is 10.6 Å². The molecule has 2 rings (SSSR count). The van der Waals surface area contributed by atoms with Crippen molar-refractivity contribution in [1.29, 1.82) is 0 Å². The van der Waals surface area contributed by atoms with Gasteiger partial charge in [0.2, 0.25) is 0 Å². The van der Waals surface area contributed by atoms with Gasteiger partial charge in [-0.3, -0.25) is 0 Å². The predicted octanol–water partition coefficient (Wildman–Crippen LogP) is 2.42. The third kappa shape index (κ3) is 4.09. The maximum absolute atomic E-state index is 13.0. The molecule has 1 fully saturated rings. The van der Waals surface area contributed by atoms with Crippen LogP contribution >= 0.6 is 0 Å². The molecule has 0 atom stereocenters. The van der Waals surface area contributed by atoms with Crippen molar-refractivity contribution >= 4 is 6.03 Å². The van der Waals surface area contributed by atoms with Gasteiger partial charge in [-0.25, -0.2) is 9.18 Å². The largest absolute Gasteiger partial charge is 0.416 e. The summed E-state index contributed by atoms with van der Waals surface area (Å²) in [5.74, 6) is -0.987. The first kappa shape index (κ1) is 16.5. The van der Waals surface area contributed by atoms with Gasteiger partial charge in [0.1, 0.15) is 5.82 Å². The van der Waals surface area contributed by atoms with Crippen LogP contribution in [0.25, 0.3) is 0 Å². The lowest BCUT2D eigenvalue weighted by Crippen LogP contribution is -2.39. The Labute approximate surface area is 124 Å². The number of halogens is 4. The average molecular weight is 320 g/mol. The Kier molecular flexibility index (Phi) is 4.60. The van der Waals surface area contributed by atoms with Crippen LogP contribution in [0, 0.1) is 11.2 Å². The zero-order valence-electron chi connectivity index (χ0n) is 11.6. The summed E-state index contributed by atoms with van der Waals surface area (Å²) in [6.45, 7) is -0.137. The zero-order chi connectivity index (χ0) is 16.4. The molecule has 3 N–H and O–H groups in total. The van der Waals surface area contributed by atoms with E-state index in [1.807, 2.05) is 0 Å². The first-order valence-corrected chi connectivity index (χ1v) is 6.74. The Morgan fingerprint density at radius 3 is 2.50 bits per heavy atom. The average Bonchev–Trinajstić information content (AvgIpc) is 3.23. The minimum atomic E-state index is -4.69. The van der Waals surface area contributed by atoms with Crippen molar-refractivity contribution < 1.29 is 27.5 Å². The van der Waals surface area contributed by atoms with Crippen LogP contribution in [0.4, 0.5) is 22.4 Å². The van der Waals surface area contributed by atoms with Crippen molar-refractivity contribution in [2.24, 2.45) is 5.41 Å². The first-order valence-electron chi connectivity index (χ1n) is 6.74. The van der Waals surface area contributed by atoms with E-state index in [0.717, 1.165) is 25.0 Å². The monoisotopic (exact) mass is 320 g/mol. The minimum absolute atomic E-state index is 0.0382. The molecular weight excluding hydrogens is 304 g/mol. The number of carbonyl (C=O) groups excluding carboxylic acids is 1. The van der Waals surface area contributed by atoms with Gasteiger partial charge in [-0.2, -0.15) is 13.2 Å². The number of benzene rings is 1. The van der Waals surface area contributed by atoms with Gasteiger partial charge in [0.15, 0.2) is 0 Å². The molecule has 1 aliphatic rings. The van der Waals surface area contributed by atoms with Crippen molar-refractivity contribution in [3.05, 3.63) is 35.1 Å². The SMILES string of the molecule is O=C(NCc1ccc(F)cc1C(F)(F)F)NCC1(CO)CC1. The van der Waals surface area contributed by atoms with E-state index >= 15 is 0 Å². The quantitative estimate of drug-likeness (QED) is 0.730. The summed E-state index contributed by atoms with van der Waals surface area (Å²) < 4.78 is 51.3. The highest BCUT2D eigenvalue weighted by molar-refractivity contribution is 5.74. The fourth-order valence-electron chi connectivity index (χ4n) is 2.04. The molecule has 1 saturated carbocycles. The number of urea groups is 1. The molecule has 0 saturated heterocycles. The molecule has 0 heterocycles. The van der Waals surface area contributed by atoms with Crippen molar-refractivity contribution in [2.75, 3.05) is 13.2 Å². The number of hydrogen-bond donors (Lipinski definition) is 3. The number of nitrogens with one attached hydrogen (secondary N) is 2. The number of rotatable bonds is 5. The molecule has 1 aliphatic carbocycles. The van der Waals surface area contributed by atoms with Crippen LogP contribution in [0.5, 0.6) is 0 Å². The molecule has 8 heteroatoms. The number of aliphatic hydroxyl groups is 1. The molecule has 1 aromatic rings. The van der Waals surface area contributed by atoms with Gasteiger partial charge >= 0.3 is 12.2 Å². The number of amides is 2. The van der Waals surface area contributed by atoms with Gasteiger partial charge in [0.05, 0.1) is 12.2 Å².